The molecule has 1 amide bonds. The number of anilines is 1. The summed E-state index contributed by atoms with van der Waals surface area (Å²) in [6.07, 6.45) is -5.56. The molecule has 0 saturated carbocycles. The first kappa shape index (κ1) is 18.6. The first-order chi connectivity index (χ1) is 12.8. The lowest BCUT2D eigenvalue weighted by Gasteiger charge is -2.16. The number of hydrogen-bond donors (Lipinski definition) is 1. The van der Waals surface area contributed by atoms with Gasteiger partial charge >= 0.3 is 6.36 Å². The number of fused-ring (bicyclic) bond motifs is 1. The van der Waals surface area contributed by atoms with E-state index < -0.39 is 18.4 Å². The Balaban J connectivity index is 1.65. The van der Waals surface area contributed by atoms with Gasteiger partial charge in [-0.2, -0.15) is 0 Å². The van der Waals surface area contributed by atoms with E-state index in [1.54, 1.807) is 13.0 Å². The second-order valence-corrected chi connectivity index (χ2v) is 5.80. The number of hydrogen-bond acceptors (Lipinski definition) is 3. The molecule has 0 saturated heterocycles. The lowest BCUT2D eigenvalue weighted by molar-refractivity contribution is -0.274. The van der Waals surface area contributed by atoms with Crippen LogP contribution in [0.4, 0.5) is 18.9 Å². The van der Waals surface area contributed by atoms with Crippen molar-refractivity contribution in [3.63, 3.8) is 0 Å². The molecule has 3 rings (SSSR count). The number of halogens is 3. The summed E-state index contributed by atoms with van der Waals surface area (Å²) in [5, 5.41) is 4.47. The number of rotatable bonds is 5. The predicted octanol–water partition coefficient (Wildman–Crippen LogP) is 5.14. The van der Waals surface area contributed by atoms with Crippen LogP contribution in [0.5, 0.6) is 11.5 Å². The normalized spacial score (nSPS) is 12.4. The Morgan fingerprint density at radius 2 is 1.63 bits per heavy atom. The average Bonchev–Trinajstić information content (AvgIpc) is 2.62. The first-order valence-electron chi connectivity index (χ1n) is 8.13. The lowest BCUT2D eigenvalue weighted by atomic mass is 10.1. The Morgan fingerprint density at radius 3 is 2.33 bits per heavy atom. The zero-order chi connectivity index (χ0) is 19.4. The molecule has 0 fully saturated rings. The van der Waals surface area contributed by atoms with Crippen LogP contribution < -0.4 is 14.8 Å². The highest BCUT2D eigenvalue weighted by Gasteiger charge is 2.31. The van der Waals surface area contributed by atoms with Gasteiger partial charge in [0, 0.05) is 11.1 Å². The molecule has 1 N–H and O–H groups in total. The molecule has 0 aliphatic carbocycles. The molecule has 0 heterocycles. The molecule has 0 spiro atoms. The molecule has 0 aliphatic rings. The highest BCUT2D eigenvalue weighted by molar-refractivity contribution is 5.95. The van der Waals surface area contributed by atoms with Crippen LogP contribution in [0.2, 0.25) is 0 Å². The van der Waals surface area contributed by atoms with Crippen LogP contribution >= 0.6 is 0 Å². The monoisotopic (exact) mass is 375 g/mol. The summed E-state index contributed by atoms with van der Waals surface area (Å²) in [4.78, 5) is 12.3. The van der Waals surface area contributed by atoms with Crippen molar-refractivity contribution in [1.82, 2.24) is 0 Å². The fraction of sp³-hybridized carbons (Fsp3) is 0.150. The summed E-state index contributed by atoms with van der Waals surface area (Å²) in [7, 11) is 0. The lowest BCUT2D eigenvalue weighted by Crippen LogP contribution is -2.30. The van der Waals surface area contributed by atoms with Crippen LogP contribution in [-0.2, 0) is 4.79 Å². The Hall–Kier alpha value is -3.22. The van der Waals surface area contributed by atoms with Gasteiger partial charge in [0.05, 0.1) is 0 Å². The van der Waals surface area contributed by atoms with Crippen LogP contribution in [0.25, 0.3) is 10.8 Å². The highest BCUT2D eigenvalue weighted by Crippen LogP contribution is 2.27. The number of alkyl halides is 3. The van der Waals surface area contributed by atoms with Crippen molar-refractivity contribution in [1.29, 1.82) is 0 Å². The molecular formula is C20H16F3NO3. The average molecular weight is 375 g/mol. The Kier molecular flexibility index (Phi) is 5.21. The SMILES string of the molecule is CC(Oc1cccc2ccccc12)C(=O)Nc1ccc(OC(F)(F)F)cc1. The zero-order valence-electron chi connectivity index (χ0n) is 14.3. The molecule has 3 aromatic carbocycles. The van der Waals surface area contributed by atoms with Crippen molar-refractivity contribution in [2.45, 2.75) is 19.4 Å². The molecule has 1 unspecified atom stereocenters. The standard InChI is InChI=1S/C20H16F3NO3/c1-13(26-18-8-4-6-14-5-2-3-7-17(14)18)19(25)24-15-9-11-16(12-10-15)27-20(21,22)23/h2-13H,1H3,(H,24,25). The maximum Gasteiger partial charge on any atom is 0.573 e. The summed E-state index contributed by atoms with van der Waals surface area (Å²) in [5.41, 5.74) is 0.336. The summed E-state index contributed by atoms with van der Waals surface area (Å²) in [6, 6.07) is 18.1. The quantitative estimate of drug-likeness (QED) is 0.671. The van der Waals surface area contributed by atoms with Crippen LogP contribution in [0.15, 0.2) is 66.7 Å². The van der Waals surface area contributed by atoms with Gasteiger partial charge in [-0.15, -0.1) is 13.2 Å². The van der Waals surface area contributed by atoms with Crippen molar-refractivity contribution in [2.75, 3.05) is 5.32 Å². The first-order valence-corrected chi connectivity index (χ1v) is 8.13. The fourth-order valence-corrected chi connectivity index (χ4v) is 2.53. The largest absolute Gasteiger partial charge is 0.573 e. The Labute approximate surface area is 153 Å². The van der Waals surface area contributed by atoms with E-state index in [9.17, 15) is 18.0 Å². The minimum absolute atomic E-state index is 0.336. The molecule has 27 heavy (non-hydrogen) atoms. The van der Waals surface area contributed by atoms with E-state index in [1.807, 2.05) is 36.4 Å². The summed E-state index contributed by atoms with van der Waals surface area (Å²) in [6.45, 7) is 1.60. The molecule has 7 heteroatoms. The van der Waals surface area contributed by atoms with Crippen LogP contribution in [0.3, 0.4) is 0 Å². The molecule has 4 nitrogen and oxygen atoms in total. The van der Waals surface area contributed by atoms with Crippen LogP contribution in [0.1, 0.15) is 6.92 Å². The summed E-state index contributed by atoms with van der Waals surface area (Å²) >= 11 is 0. The van der Waals surface area contributed by atoms with Gasteiger partial charge in [0.2, 0.25) is 0 Å². The van der Waals surface area contributed by atoms with Crippen LogP contribution in [0, 0.1) is 0 Å². The number of carbonyl (C=O) groups is 1. The number of ether oxygens (including phenoxy) is 2. The van der Waals surface area contributed by atoms with Crippen LogP contribution in [-0.4, -0.2) is 18.4 Å². The number of benzene rings is 3. The zero-order valence-corrected chi connectivity index (χ0v) is 14.3. The predicted molar refractivity (Wildman–Crippen MR) is 95.8 cm³/mol. The third kappa shape index (κ3) is 4.91. The number of carbonyl (C=O) groups excluding carboxylic acids is 1. The summed E-state index contributed by atoms with van der Waals surface area (Å²) < 4.78 is 46.1. The van der Waals surface area contributed by atoms with Crippen molar-refractivity contribution < 1.29 is 27.4 Å². The van der Waals surface area contributed by atoms with Crippen molar-refractivity contribution >= 4 is 22.4 Å². The third-order valence-electron chi connectivity index (χ3n) is 3.78. The third-order valence-corrected chi connectivity index (χ3v) is 3.78. The summed E-state index contributed by atoms with van der Waals surface area (Å²) in [5.74, 6) is -0.211. The Morgan fingerprint density at radius 1 is 0.963 bits per heavy atom. The maximum absolute atomic E-state index is 12.3. The van der Waals surface area contributed by atoms with Crippen molar-refractivity contribution in [3.05, 3.63) is 66.7 Å². The van der Waals surface area contributed by atoms with Crippen molar-refractivity contribution in [2.24, 2.45) is 0 Å². The van der Waals surface area contributed by atoms with Gasteiger partial charge < -0.3 is 14.8 Å². The topological polar surface area (TPSA) is 47.6 Å². The Bertz CT molecular complexity index is 934. The molecule has 0 aromatic heterocycles. The van der Waals surface area contributed by atoms with E-state index >= 15 is 0 Å². The minimum Gasteiger partial charge on any atom is -0.480 e. The van der Waals surface area contributed by atoms with E-state index in [2.05, 4.69) is 10.1 Å². The van der Waals surface area contributed by atoms with Gasteiger partial charge in [-0.25, -0.2) is 0 Å². The van der Waals surface area contributed by atoms with E-state index in [1.165, 1.54) is 12.1 Å². The van der Waals surface area contributed by atoms with Gasteiger partial charge in [-0.05, 0) is 42.6 Å². The molecule has 3 aromatic rings. The minimum atomic E-state index is -4.76. The van der Waals surface area contributed by atoms with E-state index in [-0.39, 0.29) is 5.75 Å². The molecule has 140 valence electrons. The second-order valence-electron chi connectivity index (χ2n) is 5.80. The van der Waals surface area contributed by atoms with Gasteiger partial charge in [-0.3, -0.25) is 4.79 Å². The van der Waals surface area contributed by atoms with Gasteiger partial charge in [0.15, 0.2) is 6.10 Å². The van der Waals surface area contributed by atoms with E-state index in [0.29, 0.717) is 11.4 Å². The van der Waals surface area contributed by atoms with E-state index in [0.717, 1.165) is 22.9 Å². The fourth-order valence-electron chi connectivity index (χ4n) is 2.53. The molecular weight excluding hydrogens is 359 g/mol. The van der Waals surface area contributed by atoms with Gasteiger partial charge in [0.25, 0.3) is 5.91 Å². The smallest absolute Gasteiger partial charge is 0.480 e. The molecule has 0 aliphatic heterocycles. The second kappa shape index (κ2) is 7.57. The molecule has 0 radical (unpaired) electrons. The van der Waals surface area contributed by atoms with Gasteiger partial charge in [0.1, 0.15) is 11.5 Å². The molecule has 0 bridgehead atoms. The number of nitrogens with one attached hydrogen (secondary N) is 1. The maximum atomic E-state index is 12.3. The molecule has 1 atom stereocenters. The van der Waals surface area contributed by atoms with Crippen molar-refractivity contribution in [3.8, 4) is 11.5 Å². The van der Waals surface area contributed by atoms with E-state index in [4.69, 9.17) is 4.74 Å². The number of amides is 1. The van der Waals surface area contributed by atoms with Gasteiger partial charge in [-0.1, -0.05) is 36.4 Å². The highest BCUT2D eigenvalue weighted by atomic mass is 19.4.